The lowest BCUT2D eigenvalue weighted by Gasteiger charge is -2.06. The summed E-state index contributed by atoms with van der Waals surface area (Å²) in [6.07, 6.45) is -1.02. The largest absolute Gasteiger partial charge is 0.377 e. The van der Waals surface area contributed by atoms with Gasteiger partial charge in [0, 0.05) is 20.2 Å². The van der Waals surface area contributed by atoms with E-state index in [1.807, 2.05) is 0 Å². The molecule has 1 aliphatic heterocycles. The molecule has 1 aliphatic rings. The van der Waals surface area contributed by atoms with Crippen molar-refractivity contribution in [2.24, 2.45) is 0 Å². The van der Waals surface area contributed by atoms with Gasteiger partial charge in [0.2, 0.25) is 0 Å². The molecule has 1 rings (SSSR count). The quantitative estimate of drug-likeness (QED) is 0.591. The molecule has 0 amide bonds. The second-order valence-electron chi connectivity index (χ2n) is 1.95. The molecule has 1 fully saturated rings. The van der Waals surface area contributed by atoms with Gasteiger partial charge in [-0.1, -0.05) is 0 Å². The fraction of sp³-hybridized carbons (Fsp3) is 1.00. The van der Waals surface area contributed by atoms with Gasteiger partial charge in [-0.3, -0.25) is 0 Å². The van der Waals surface area contributed by atoms with Gasteiger partial charge in [-0.15, -0.1) is 12.4 Å². The molecular weight excluding hydrogens is 145 g/mol. The number of hydrogen-bond donors (Lipinski definition) is 1. The van der Waals surface area contributed by atoms with Gasteiger partial charge in [0.1, 0.15) is 12.3 Å². The average molecular weight is 156 g/mol. The summed E-state index contributed by atoms with van der Waals surface area (Å²) < 4.78 is 17.2. The molecule has 0 aliphatic carbocycles. The number of nitrogens with one attached hydrogen (secondary N) is 1. The minimum absolute atomic E-state index is 0. The second-order valence-corrected chi connectivity index (χ2v) is 1.95. The molecule has 0 aromatic rings. The summed E-state index contributed by atoms with van der Waals surface area (Å²) in [5, 5.41) is 2.87. The lowest BCUT2D eigenvalue weighted by molar-refractivity contribution is 0.0647. The van der Waals surface area contributed by atoms with Crippen LogP contribution >= 0.6 is 12.4 Å². The Morgan fingerprint density at radius 2 is 2.22 bits per heavy atom. The average Bonchev–Trinajstić information content (AvgIpc) is 2.14. The first-order valence-corrected chi connectivity index (χ1v) is 2.72. The third-order valence-corrected chi connectivity index (χ3v) is 1.39. The van der Waals surface area contributed by atoms with Crippen molar-refractivity contribution in [2.45, 2.75) is 12.3 Å². The van der Waals surface area contributed by atoms with E-state index in [4.69, 9.17) is 4.74 Å². The van der Waals surface area contributed by atoms with Crippen molar-refractivity contribution in [1.82, 2.24) is 5.32 Å². The van der Waals surface area contributed by atoms with Gasteiger partial charge in [-0.05, 0) is 0 Å². The zero-order valence-corrected chi connectivity index (χ0v) is 6.08. The molecule has 56 valence electrons. The second kappa shape index (κ2) is 4.04. The van der Waals surface area contributed by atoms with Crippen molar-refractivity contribution in [3.8, 4) is 0 Å². The van der Waals surface area contributed by atoms with Crippen molar-refractivity contribution in [1.29, 1.82) is 0 Å². The van der Waals surface area contributed by atoms with E-state index in [0.29, 0.717) is 13.1 Å². The molecule has 0 bridgehead atoms. The van der Waals surface area contributed by atoms with Crippen LogP contribution in [-0.4, -0.2) is 32.5 Å². The summed E-state index contributed by atoms with van der Waals surface area (Å²) in [5.41, 5.74) is 0. The summed E-state index contributed by atoms with van der Waals surface area (Å²) in [5.74, 6) is 0. The predicted octanol–water partition coefficient (Wildman–Crippen LogP) is 0.365. The lowest BCUT2D eigenvalue weighted by atomic mass is 10.3. The van der Waals surface area contributed by atoms with Crippen LogP contribution in [0.5, 0.6) is 0 Å². The number of hydrogen-bond acceptors (Lipinski definition) is 2. The summed E-state index contributed by atoms with van der Waals surface area (Å²) >= 11 is 0. The maximum absolute atomic E-state index is 12.4. The number of ether oxygens (including phenoxy) is 1. The smallest absolute Gasteiger partial charge is 0.140 e. The fourth-order valence-electron chi connectivity index (χ4n) is 0.854. The number of alkyl halides is 1. The SMILES string of the molecule is CO[C@H]1CNC[C@@H]1F.Cl. The maximum Gasteiger partial charge on any atom is 0.140 e. The molecule has 1 saturated heterocycles. The van der Waals surface area contributed by atoms with E-state index in [9.17, 15) is 4.39 Å². The zero-order valence-electron chi connectivity index (χ0n) is 5.26. The van der Waals surface area contributed by atoms with E-state index in [1.54, 1.807) is 0 Å². The number of rotatable bonds is 1. The molecule has 0 unspecified atom stereocenters. The van der Waals surface area contributed by atoms with Gasteiger partial charge in [0.05, 0.1) is 0 Å². The Labute approximate surface area is 60.2 Å². The van der Waals surface area contributed by atoms with E-state index < -0.39 is 6.17 Å². The van der Waals surface area contributed by atoms with Gasteiger partial charge in [-0.25, -0.2) is 4.39 Å². The Balaban J connectivity index is 0.000000640. The van der Waals surface area contributed by atoms with Crippen molar-refractivity contribution < 1.29 is 9.13 Å². The minimum Gasteiger partial charge on any atom is -0.377 e. The topological polar surface area (TPSA) is 21.3 Å². The van der Waals surface area contributed by atoms with Gasteiger partial charge in [0.15, 0.2) is 0 Å². The van der Waals surface area contributed by atoms with Gasteiger partial charge in [0.25, 0.3) is 0 Å². The van der Waals surface area contributed by atoms with Crippen molar-refractivity contribution in [2.75, 3.05) is 20.2 Å². The molecule has 2 nitrogen and oxygen atoms in total. The molecule has 9 heavy (non-hydrogen) atoms. The first-order chi connectivity index (χ1) is 3.84. The van der Waals surface area contributed by atoms with Crippen molar-refractivity contribution >= 4 is 12.4 Å². The highest BCUT2D eigenvalue weighted by atomic mass is 35.5. The van der Waals surface area contributed by atoms with E-state index in [2.05, 4.69) is 5.32 Å². The Hall–Kier alpha value is 0.140. The predicted molar refractivity (Wildman–Crippen MR) is 35.8 cm³/mol. The highest BCUT2D eigenvalue weighted by Crippen LogP contribution is 2.06. The third kappa shape index (κ3) is 2.08. The fourth-order valence-corrected chi connectivity index (χ4v) is 0.854. The van der Waals surface area contributed by atoms with E-state index in [1.165, 1.54) is 7.11 Å². The molecule has 0 radical (unpaired) electrons. The summed E-state index contributed by atoms with van der Waals surface area (Å²) in [6.45, 7) is 1.09. The molecule has 4 heteroatoms. The molecule has 2 atom stereocenters. The van der Waals surface area contributed by atoms with E-state index in [0.717, 1.165) is 0 Å². The van der Waals surface area contributed by atoms with Crippen LogP contribution in [0.25, 0.3) is 0 Å². The number of methoxy groups -OCH3 is 1. The Bertz CT molecular complexity index is 83.4. The maximum atomic E-state index is 12.4. The van der Waals surface area contributed by atoms with E-state index in [-0.39, 0.29) is 18.5 Å². The Morgan fingerprint density at radius 1 is 1.56 bits per heavy atom. The highest BCUT2D eigenvalue weighted by Gasteiger charge is 2.25. The monoisotopic (exact) mass is 155 g/mol. The minimum atomic E-state index is -0.806. The van der Waals surface area contributed by atoms with E-state index >= 15 is 0 Å². The first-order valence-electron chi connectivity index (χ1n) is 2.72. The van der Waals surface area contributed by atoms with Crippen molar-refractivity contribution in [3.05, 3.63) is 0 Å². The third-order valence-electron chi connectivity index (χ3n) is 1.39. The molecule has 1 N–H and O–H groups in total. The normalized spacial score (nSPS) is 34.0. The highest BCUT2D eigenvalue weighted by molar-refractivity contribution is 5.85. The van der Waals surface area contributed by atoms with Gasteiger partial charge >= 0.3 is 0 Å². The van der Waals surface area contributed by atoms with Crippen LogP contribution in [0.3, 0.4) is 0 Å². The van der Waals surface area contributed by atoms with Gasteiger partial charge < -0.3 is 10.1 Å². The lowest BCUT2D eigenvalue weighted by Crippen LogP contribution is -2.21. The standard InChI is InChI=1S/C5H10FNO.ClH/c1-8-5-3-7-2-4(5)6;/h4-5,7H,2-3H2,1H3;1H/t4-,5-;/m0./s1. The summed E-state index contributed by atoms with van der Waals surface area (Å²) in [6, 6.07) is 0. The summed E-state index contributed by atoms with van der Waals surface area (Å²) in [7, 11) is 1.53. The molecule has 0 saturated carbocycles. The van der Waals surface area contributed by atoms with Crippen molar-refractivity contribution in [3.63, 3.8) is 0 Å². The Morgan fingerprint density at radius 3 is 2.44 bits per heavy atom. The van der Waals surface area contributed by atoms with Crippen LogP contribution in [0.2, 0.25) is 0 Å². The van der Waals surface area contributed by atoms with Crippen LogP contribution in [0.15, 0.2) is 0 Å². The van der Waals surface area contributed by atoms with Crippen LogP contribution in [0, 0.1) is 0 Å². The van der Waals surface area contributed by atoms with Crippen LogP contribution in [-0.2, 0) is 4.74 Å². The number of halogens is 2. The van der Waals surface area contributed by atoms with Crippen LogP contribution in [0.4, 0.5) is 4.39 Å². The van der Waals surface area contributed by atoms with Gasteiger partial charge in [-0.2, -0.15) is 0 Å². The zero-order chi connectivity index (χ0) is 5.98. The molecule has 0 aromatic carbocycles. The van der Waals surface area contributed by atoms with Crippen LogP contribution in [0.1, 0.15) is 0 Å². The Kier molecular flexibility index (Phi) is 4.10. The first kappa shape index (κ1) is 9.14. The summed E-state index contributed by atoms with van der Waals surface area (Å²) in [4.78, 5) is 0. The molecule has 0 aromatic heterocycles. The molecule has 0 spiro atoms. The van der Waals surface area contributed by atoms with Crippen LogP contribution < -0.4 is 5.32 Å². The molecular formula is C5H11ClFNO. The molecule has 1 heterocycles.